The molecule has 0 saturated heterocycles. The standard InChI is InChI=1S/C12H17NO/c1-9(2)11-5-6-12(14)13(8-11)7-10-3-4-10/h5-6,8-10H,3-4,7H2,1-2H3. The van der Waals surface area contributed by atoms with E-state index >= 15 is 0 Å². The molecule has 1 aromatic heterocycles. The molecular formula is C12H17NO. The van der Waals surface area contributed by atoms with Crippen LogP contribution in [-0.2, 0) is 6.54 Å². The van der Waals surface area contributed by atoms with Crippen molar-refractivity contribution in [2.24, 2.45) is 5.92 Å². The van der Waals surface area contributed by atoms with E-state index in [2.05, 4.69) is 13.8 Å². The van der Waals surface area contributed by atoms with Gasteiger partial charge in [0.1, 0.15) is 0 Å². The predicted octanol–water partition coefficient (Wildman–Crippen LogP) is 2.38. The van der Waals surface area contributed by atoms with E-state index in [1.807, 2.05) is 16.8 Å². The largest absolute Gasteiger partial charge is 0.315 e. The van der Waals surface area contributed by atoms with Crippen molar-refractivity contribution in [2.75, 3.05) is 0 Å². The molecule has 1 fully saturated rings. The summed E-state index contributed by atoms with van der Waals surface area (Å²) < 4.78 is 1.87. The molecule has 1 aliphatic rings. The van der Waals surface area contributed by atoms with Gasteiger partial charge in [-0.2, -0.15) is 0 Å². The van der Waals surface area contributed by atoms with Gasteiger partial charge in [-0.25, -0.2) is 0 Å². The van der Waals surface area contributed by atoms with Gasteiger partial charge in [0.05, 0.1) is 0 Å². The average molecular weight is 191 g/mol. The third kappa shape index (κ3) is 2.06. The van der Waals surface area contributed by atoms with Crippen LogP contribution in [0.25, 0.3) is 0 Å². The van der Waals surface area contributed by atoms with Gasteiger partial charge < -0.3 is 4.57 Å². The van der Waals surface area contributed by atoms with Crippen molar-refractivity contribution in [1.29, 1.82) is 0 Å². The van der Waals surface area contributed by atoms with E-state index in [4.69, 9.17) is 0 Å². The smallest absolute Gasteiger partial charge is 0.250 e. The predicted molar refractivity (Wildman–Crippen MR) is 57.5 cm³/mol. The van der Waals surface area contributed by atoms with E-state index in [0.29, 0.717) is 5.92 Å². The maximum Gasteiger partial charge on any atom is 0.250 e. The maximum atomic E-state index is 11.5. The molecule has 1 aromatic rings. The average Bonchev–Trinajstić information content (AvgIpc) is 2.92. The Balaban J connectivity index is 2.26. The first-order valence-electron chi connectivity index (χ1n) is 5.37. The second kappa shape index (κ2) is 3.60. The highest BCUT2D eigenvalue weighted by atomic mass is 16.1. The summed E-state index contributed by atoms with van der Waals surface area (Å²) in [6, 6.07) is 3.63. The molecule has 0 amide bonds. The van der Waals surface area contributed by atoms with Gasteiger partial charge in [-0.1, -0.05) is 19.9 Å². The van der Waals surface area contributed by atoms with Crippen LogP contribution in [0.2, 0.25) is 0 Å². The first kappa shape index (κ1) is 9.50. The molecule has 0 radical (unpaired) electrons. The molecule has 1 aliphatic carbocycles. The van der Waals surface area contributed by atoms with Crippen molar-refractivity contribution in [1.82, 2.24) is 4.57 Å². The number of aromatic nitrogens is 1. The maximum absolute atomic E-state index is 11.5. The van der Waals surface area contributed by atoms with Crippen LogP contribution in [0, 0.1) is 5.92 Å². The van der Waals surface area contributed by atoms with E-state index in [-0.39, 0.29) is 5.56 Å². The topological polar surface area (TPSA) is 22.0 Å². The summed E-state index contributed by atoms with van der Waals surface area (Å²) in [6.07, 6.45) is 4.60. The van der Waals surface area contributed by atoms with E-state index in [1.165, 1.54) is 18.4 Å². The van der Waals surface area contributed by atoms with Gasteiger partial charge >= 0.3 is 0 Å². The molecule has 0 unspecified atom stereocenters. The quantitative estimate of drug-likeness (QED) is 0.719. The number of hydrogen-bond acceptors (Lipinski definition) is 1. The summed E-state index contributed by atoms with van der Waals surface area (Å²) >= 11 is 0. The zero-order chi connectivity index (χ0) is 10.1. The summed E-state index contributed by atoms with van der Waals surface area (Å²) in [5, 5.41) is 0. The van der Waals surface area contributed by atoms with E-state index in [1.54, 1.807) is 6.07 Å². The Morgan fingerprint density at radius 1 is 1.43 bits per heavy atom. The molecule has 0 aliphatic heterocycles. The van der Waals surface area contributed by atoms with Crippen LogP contribution < -0.4 is 5.56 Å². The minimum Gasteiger partial charge on any atom is -0.315 e. The van der Waals surface area contributed by atoms with Crippen LogP contribution in [-0.4, -0.2) is 4.57 Å². The van der Waals surface area contributed by atoms with E-state index in [9.17, 15) is 4.79 Å². The van der Waals surface area contributed by atoms with Crippen molar-refractivity contribution < 1.29 is 0 Å². The number of nitrogens with zero attached hydrogens (tertiary/aromatic N) is 1. The molecule has 0 spiro atoms. The Morgan fingerprint density at radius 3 is 2.71 bits per heavy atom. The second-order valence-electron chi connectivity index (χ2n) is 4.55. The third-order valence-electron chi connectivity index (χ3n) is 2.82. The molecule has 0 N–H and O–H groups in total. The van der Waals surface area contributed by atoms with Gasteiger partial charge in [0, 0.05) is 18.8 Å². The Kier molecular flexibility index (Phi) is 2.44. The monoisotopic (exact) mass is 191 g/mol. The van der Waals surface area contributed by atoms with Crippen LogP contribution in [0.4, 0.5) is 0 Å². The Morgan fingerprint density at radius 2 is 2.14 bits per heavy atom. The van der Waals surface area contributed by atoms with E-state index in [0.717, 1.165) is 12.5 Å². The second-order valence-corrected chi connectivity index (χ2v) is 4.55. The highest BCUT2D eigenvalue weighted by Gasteiger charge is 2.22. The number of hydrogen-bond donors (Lipinski definition) is 0. The lowest BCUT2D eigenvalue weighted by Crippen LogP contribution is -2.20. The summed E-state index contributed by atoms with van der Waals surface area (Å²) in [5.41, 5.74) is 1.39. The summed E-state index contributed by atoms with van der Waals surface area (Å²) in [4.78, 5) is 11.5. The highest BCUT2D eigenvalue weighted by molar-refractivity contribution is 5.14. The molecule has 2 heteroatoms. The fourth-order valence-electron chi connectivity index (χ4n) is 1.61. The summed E-state index contributed by atoms with van der Waals surface area (Å²) in [6.45, 7) is 5.22. The Hall–Kier alpha value is -1.05. The van der Waals surface area contributed by atoms with Crippen LogP contribution in [0.5, 0.6) is 0 Å². The number of rotatable bonds is 3. The third-order valence-corrected chi connectivity index (χ3v) is 2.82. The lowest BCUT2D eigenvalue weighted by Gasteiger charge is -2.09. The van der Waals surface area contributed by atoms with Gasteiger partial charge in [-0.3, -0.25) is 4.79 Å². The van der Waals surface area contributed by atoms with Crippen LogP contribution >= 0.6 is 0 Å². The highest BCUT2D eigenvalue weighted by Crippen LogP contribution is 2.30. The first-order chi connectivity index (χ1) is 6.66. The minimum absolute atomic E-state index is 0.140. The SMILES string of the molecule is CC(C)c1ccc(=O)n(CC2CC2)c1. The van der Waals surface area contributed by atoms with Gasteiger partial charge in [0.2, 0.25) is 0 Å². The van der Waals surface area contributed by atoms with Crippen molar-refractivity contribution in [3.63, 3.8) is 0 Å². The van der Waals surface area contributed by atoms with E-state index < -0.39 is 0 Å². The van der Waals surface area contributed by atoms with Crippen molar-refractivity contribution >= 4 is 0 Å². The molecule has 1 heterocycles. The summed E-state index contributed by atoms with van der Waals surface area (Å²) in [5.74, 6) is 1.26. The Bertz CT molecular complexity index is 374. The zero-order valence-corrected chi connectivity index (χ0v) is 8.86. The normalized spacial score (nSPS) is 16.2. The fourth-order valence-corrected chi connectivity index (χ4v) is 1.61. The molecule has 0 atom stereocenters. The molecule has 14 heavy (non-hydrogen) atoms. The van der Waals surface area contributed by atoms with Gasteiger partial charge in [0.25, 0.3) is 5.56 Å². The van der Waals surface area contributed by atoms with Gasteiger partial charge in [-0.15, -0.1) is 0 Å². The fraction of sp³-hybridized carbons (Fsp3) is 0.583. The molecule has 0 aromatic carbocycles. The summed E-state index contributed by atoms with van der Waals surface area (Å²) in [7, 11) is 0. The first-order valence-corrected chi connectivity index (χ1v) is 5.37. The van der Waals surface area contributed by atoms with Crippen LogP contribution in [0.1, 0.15) is 38.2 Å². The lowest BCUT2D eigenvalue weighted by atomic mass is 10.1. The Labute approximate surface area is 84.6 Å². The zero-order valence-electron chi connectivity index (χ0n) is 8.86. The van der Waals surface area contributed by atoms with Gasteiger partial charge in [0.15, 0.2) is 0 Å². The number of pyridine rings is 1. The molecular weight excluding hydrogens is 174 g/mol. The lowest BCUT2D eigenvalue weighted by molar-refractivity contribution is 0.600. The van der Waals surface area contributed by atoms with Gasteiger partial charge in [-0.05, 0) is 30.2 Å². The molecule has 0 bridgehead atoms. The molecule has 76 valence electrons. The van der Waals surface area contributed by atoms with Crippen molar-refractivity contribution in [3.05, 3.63) is 34.2 Å². The molecule has 1 saturated carbocycles. The van der Waals surface area contributed by atoms with Crippen LogP contribution in [0.3, 0.4) is 0 Å². The molecule has 2 nitrogen and oxygen atoms in total. The molecule has 2 rings (SSSR count). The minimum atomic E-state index is 0.140. The van der Waals surface area contributed by atoms with Crippen molar-refractivity contribution in [3.8, 4) is 0 Å². The van der Waals surface area contributed by atoms with Crippen molar-refractivity contribution in [2.45, 2.75) is 39.2 Å². The van der Waals surface area contributed by atoms with Crippen LogP contribution in [0.15, 0.2) is 23.1 Å².